The number of hydrogen-bond donors (Lipinski definition) is 3. The summed E-state index contributed by atoms with van der Waals surface area (Å²) in [5.41, 5.74) is 6.93. The van der Waals surface area contributed by atoms with Gasteiger partial charge in [0.2, 0.25) is 5.91 Å². The maximum atomic E-state index is 12.1. The second-order valence-electron chi connectivity index (χ2n) is 5.30. The van der Waals surface area contributed by atoms with Gasteiger partial charge in [0.1, 0.15) is 5.75 Å². The monoisotopic (exact) mass is 294 g/mol. The molecule has 3 unspecified atom stereocenters. The van der Waals surface area contributed by atoms with E-state index >= 15 is 0 Å². The van der Waals surface area contributed by atoms with Crippen LogP contribution in [0.15, 0.2) is 24.3 Å². The van der Waals surface area contributed by atoms with Gasteiger partial charge in [-0.2, -0.15) is 11.8 Å². The lowest BCUT2D eigenvalue weighted by Gasteiger charge is -2.21. The van der Waals surface area contributed by atoms with Crippen LogP contribution in [-0.4, -0.2) is 34.6 Å². The molecule has 0 radical (unpaired) electrons. The second-order valence-corrected chi connectivity index (χ2v) is 6.37. The number of nitrogens with one attached hydrogen (secondary N) is 1. The van der Waals surface area contributed by atoms with Crippen molar-refractivity contribution in [3.8, 4) is 5.75 Å². The van der Waals surface area contributed by atoms with Gasteiger partial charge in [-0.25, -0.2) is 0 Å². The van der Waals surface area contributed by atoms with Crippen LogP contribution < -0.4 is 11.1 Å². The van der Waals surface area contributed by atoms with Crippen molar-refractivity contribution < 1.29 is 9.90 Å². The average Bonchev–Trinajstić information content (AvgIpc) is 2.88. The topological polar surface area (TPSA) is 75.4 Å². The molecule has 2 rings (SSSR count). The number of phenols is 1. The smallest absolute Gasteiger partial charge is 0.237 e. The molecular weight excluding hydrogens is 272 g/mol. The van der Waals surface area contributed by atoms with Gasteiger partial charge in [-0.1, -0.05) is 18.6 Å². The number of carbonyl (C=O) groups excluding carboxylic acids is 1. The molecule has 1 aliphatic rings. The molecular formula is C15H22N2O2S. The van der Waals surface area contributed by atoms with Crippen LogP contribution in [0.3, 0.4) is 0 Å². The number of aromatic hydroxyl groups is 1. The van der Waals surface area contributed by atoms with Gasteiger partial charge in [0, 0.05) is 11.3 Å². The number of thioether (sulfide) groups is 1. The van der Waals surface area contributed by atoms with Gasteiger partial charge >= 0.3 is 0 Å². The summed E-state index contributed by atoms with van der Waals surface area (Å²) in [5, 5.41) is 12.8. The predicted octanol–water partition coefficient (Wildman–Crippen LogP) is 1.66. The third kappa shape index (κ3) is 3.90. The number of benzene rings is 1. The van der Waals surface area contributed by atoms with E-state index in [-0.39, 0.29) is 17.7 Å². The van der Waals surface area contributed by atoms with E-state index < -0.39 is 6.04 Å². The molecule has 1 aromatic carbocycles. The first-order valence-electron chi connectivity index (χ1n) is 6.97. The Labute approximate surface area is 124 Å². The first-order valence-corrected chi connectivity index (χ1v) is 8.25. The summed E-state index contributed by atoms with van der Waals surface area (Å²) >= 11 is 1.82. The Bertz CT molecular complexity index is 450. The molecule has 4 N–H and O–H groups in total. The van der Waals surface area contributed by atoms with E-state index in [9.17, 15) is 9.90 Å². The fourth-order valence-corrected chi connectivity index (χ4v) is 3.58. The number of carbonyl (C=O) groups is 1. The van der Waals surface area contributed by atoms with Crippen molar-refractivity contribution in [1.82, 2.24) is 5.32 Å². The van der Waals surface area contributed by atoms with E-state index in [2.05, 4.69) is 11.6 Å². The maximum Gasteiger partial charge on any atom is 0.237 e. The fraction of sp³-hybridized carbons (Fsp3) is 0.533. The highest BCUT2D eigenvalue weighted by atomic mass is 32.2. The van der Waals surface area contributed by atoms with E-state index in [1.807, 2.05) is 11.8 Å². The molecule has 1 aliphatic carbocycles. The van der Waals surface area contributed by atoms with E-state index in [1.54, 1.807) is 24.3 Å². The van der Waals surface area contributed by atoms with Crippen molar-refractivity contribution >= 4 is 17.7 Å². The Morgan fingerprint density at radius 1 is 1.45 bits per heavy atom. The summed E-state index contributed by atoms with van der Waals surface area (Å²) in [5.74, 6) is 0.143. The third-order valence-electron chi connectivity index (χ3n) is 3.81. The van der Waals surface area contributed by atoms with Gasteiger partial charge in [-0.15, -0.1) is 0 Å². The molecule has 5 heteroatoms. The van der Waals surface area contributed by atoms with Crippen LogP contribution in [0.1, 0.15) is 24.8 Å². The van der Waals surface area contributed by atoms with Crippen molar-refractivity contribution in [2.75, 3.05) is 6.26 Å². The predicted molar refractivity (Wildman–Crippen MR) is 82.9 cm³/mol. The first-order chi connectivity index (χ1) is 9.60. The van der Waals surface area contributed by atoms with Crippen molar-refractivity contribution in [2.45, 2.75) is 43.0 Å². The highest BCUT2D eigenvalue weighted by molar-refractivity contribution is 7.99. The second kappa shape index (κ2) is 6.99. The lowest BCUT2D eigenvalue weighted by Crippen LogP contribution is -2.48. The van der Waals surface area contributed by atoms with Gasteiger partial charge in [0.25, 0.3) is 0 Å². The molecule has 1 saturated carbocycles. The summed E-state index contributed by atoms with van der Waals surface area (Å²) in [6.07, 6.45) is 5.96. The highest BCUT2D eigenvalue weighted by Gasteiger charge is 2.29. The molecule has 0 saturated heterocycles. The van der Waals surface area contributed by atoms with E-state index in [0.29, 0.717) is 11.7 Å². The zero-order chi connectivity index (χ0) is 14.5. The SMILES string of the molecule is CSC1CCCC1NC(=O)C(N)Cc1ccc(O)cc1. The number of phenolic OH excluding ortho intramolecular Hbond substituents is 1. The van der Waals surface area contributed by atoms with Crippen LogP contribution in [0.2, 0.25) is 0 Å². The van der Waals surface area contributed by atoms with E-state index in [0.717, 1.165) is 12.0 Å². The van der Waals surface area contributed by atoms with Crippen molar-refractivity contribution in [1.29, 1.82) is 0 Å². The summed E-state index contributed by atoms with van der Waals surface area (Å²) in [7, 11) is 0. The molecule has 1 amide bonds. The first kappa shape index (κ1) is 15.2. The number of amides is 1. The maximum absolute atomic E-state index is 12.1. The van der Waals surface area contributed by atoms with Gasteiger partial charge in [0.05, 0.1) is 6.04 Å². The van der Waals surface area contributed by atoms with E-state index in [1.165, 1.54) is 12.8 Å². The molecule has 1 fully saturated rings. The lowest BCUT2D eigenvalue weighted by atomic mass is 10.1. The lowest BCUT2D eigenvalue weighted by molar-refractivity contribution is -0.123. The van der Waals surface area contributed by atoms with Crippen LogP contribution in [0, 0.1) is 0 Å². The van der Waals surface area contributed by atoms with Crippen LogP contribution in [0.25, 0.3) is 0 Å². The van der Waals surface area contributed by atoms with Crippen LogP contribution in [0.5, 0.6) is 5.75 Å². The van der Waals surface area contributed by atoms with Crippen molar-refractivity contribution in [3.05, 3.63) is 29.8 Å². The van der Waals surface area contributed by atoms with Gasteiger partial charge in [0.15, 0.2) is 0 Å². The molecule has 110 valence electrons. The molecule has 20 heavy (non-hydrogen) atoms. The summed E-state index contributed by atoms with van der Waals surface area (Å²) in [6.45, 7) is 0. The zero-order valence-corrected chi connectivity index (χ0v) is 12.5. The number of nitrogens with two attached hydrogens (primary N) is 1. The van der Waals surface area contributed by atoms with Crippen molar-refractivity contribution in [3.63, 3.8) is 0 Å². The summed E-state index contributed by atoms with van der Waals surface area (Å²) in [4.78, 5) is 12.1. The zero-order valence-electron chi connectivity index (χ0n) is 11.7. The molecule has 0 aromatic heterocycles. The van der Waals surface area contributed by atoms with Gasteiger partial charge in [-0.3, -0.25) is 4.79 Å². The standard InChI is InChI=1S/C15H22N2O2S/c1-20-14-4-2-3-13(14)17-15(19)12(16)9-10-5-7-11(18)8-6-10/h5-8,12-14,18H,2-4,9,16H2,1H3,(H,17,19). The van der Waals surface area contributed by atoms with Crippen molar-refractivity contribution in [2.24, 2.45) is 5.73 Å². The minimum atomic E-state index is -0.539. The minimum absolute atomic E-state index is 0.0796. The third-order valence-corrected chi connectivity index (χ3v) is 4.98. The molecule has 0 spiro atoms. The van der Waals surface area contributed by atoms with Crippen LogP contribution in [0.4, 0.5) is 0 Å². The Morgan fingerprint density at radius 3 is 2.80 bits per heavy atom. The normalized spacial score (nSPS) is 23.5. The molecule has 0 aliphatic heterocycles. The molecule has 4 nitrogen and oxygen atoms in total. The molecule has 0 heterocycles. The molecule has 0 bridgehead atoms. The minimum Gasteiger partial charge on any atom is -0.508 e. The van der Waals surface area contributed by atoms with Gasteiger partial charge < -0.3 is 16.2 Å². The summed E-state index contributed by atoms with van der Waals surface area (Å²) in [6, 6.07) is 6.53. The average molecular weight is 294 g/mol. The Morgan fingerprint density at radius 2 is 2.15 bits per heavy atom. The summed E-state index contributed by atoms with van der Waals surface area (Å²) < 4.78 is 0. The van der Waals surface area contributed by atoms with Gasteiger partial charge in [-0.05, 0) is 43.2 Å². The molecule has 3 atom stereocenters. The highest BCUT2D eigenvalue weighted by Crippen LogP contribution is 2.28. The number of hydrogen-bond acceptors (Lipinski definition) is 4. The van der Waals surface area contributed by atoms with Crippen LogP contribution >= 0.6 is 11.8 Å². The Balaban J connectivity index is 1.87. The molecule has 1 aromatic rings. The Kier molecular flexibility index (Phi) is 5.31. The largest absolute Gasteiger partial charge is 0.508 e. The van der Waals surface area contributed by atoms with Crippen LogP contribution in [-0.2, 0) is 11.2 Å². The Hall–Kier alpha value is -1.20. The number of rotatable bonds is 5. The quantitative estimate of drug-likeness (QED) is 0.772. The van der Waals surface area contributed by atoms with E-state index in [4.69, 9.17) is 5.73 Å². The fourth-order valence-electron chi connectivity index (χ4n) is 2.64.